The zero-order valence-electron chi connectivity index (χ0n) is 18.2. The molecular weight excluding hydrogens is 410 g/mol. The van der Waals surface area contributed by atoms with E-state index in [1.54, 1.807) is 0 Å². The van der Waals surface area contributed by atoms with E-state index in [0.29, 0.717) is 12.0 Å². The largest absolute Gasteiger partial charge is 0.467 e. The van der Waals surface area contributed by atoms with Gasteiger partial charge in [-0.25, -0.2) is 4.79 Å². The van der Waals surface area contributed by atoms with Gasteiger partial charge in [0.05, 0.1) is 12.7 Å². The molecule has 4 heteroatoms. The van der Waals surface area contributed by atoms with Gasteiger partial charge in [-0.15, -0.1) is 0 Å². The molecule has 5 rings (SSSR count). The van der Waals surface area contributed by atoms with Gasteiger partial charge in [0, 0.05) is 6.42 Å². The number of fused-ring (bicyclic) bond motifs is 3. The average molecular weight is 434 g/mol. The molecule has 0 heterocycles. The van der Waals surface area contributed by atoms with Gasteiger partial charge in [0.25, 0.3) is 5.91 Å². The second-order valence-corrected chi connectivity index (χ2v) is 8.13. The zero-order chi connectivity index (χ0) is 22.8. The highest BCUT2D eigenvalue weighted by atomic mass is 16.5. The third-order valence-corrected chi connectivity index (χ3v) is 6.04. The van der Waals surface area contributed by atoms with Crippen LogP contribution < -0.4 is 5.32 Å². The molecule has 0 unspecified atom stereocenters. The van der Waals surface area contributed by atoms with Crippen LogP contribution in [-0.2, 0) is 16.0 Å². The molecule has 0 saturated carbocycles. The van der Waals surface area contributed by atoms with E-state index in [4.69, 9.17) is 4.74 Å². The lowest BCUT2D eigenvalue weighted by atomic mass is 9.95. The highest BCUT2D eigenvalue weighted by molar-refractivity contribution is 6.18. The van der Waals surface area contributed by atoms with Crippen LogP contribution in [0.2, 0.25) is 0 Å². The van der Waals surface area contributed by atoms with Crippen LogP contribution in [0.25, 0.3) is 32.3 Å². The highest BCUT2D eigenvalue weighted by Crippen LogP contribution is 2.28. The summed E-state index contributed by atoms with van der Waals surface area (Å²) in [4.78, 5) is 26.2. The normalized spacial score (nSPS) is 12.0. The number of benzene rings is 5. The summed E-state index contributed by atoms with van der Waals surface area (Å²) >= 11 is 0. The molecule has 4 nitrogen and oxygen atoms in total. The molecule has 1 atom stereocenters. The van der Waals surface area contributed by atoms with E-state index in [1.807, 2.05) is 91.0 Å². The lowest BCUT2D eigenvalue weighted by Crippen LogP contribution is -2.43. The number of hydrogen-bond donors (Lipinski definition) is 1. The van der Waals surface area contributed by atoms with Gasteiger partial charge in [-0.1, -0.05) is 91.0 Å². The number of nitrogens with one attached hydrogen (secondary N) is 1. The quantitative estimate of drug-likeness (QED) is 0.287. The molecular formula is C29H23NO3. The first-order chi connectivity index (χ1) is 16.1. The Balaban J connectivity index is 1.52. The number of carbonyl (C=O) groups is 2. The number of amides is 1. The third-order valence-electron chi connectivity index (χ3n) is 6.04. The standard InChI is InChI=1S/C29H23NO3/c1-33-29(32)26(17-19-14-15-20-8-2-3-9-21(20)16-19)30-28(31)27-24-12-6-4-10-22(24)18-23-11-5-7-13-25(23)27/h2-16,18,26H,17H2,1H3,(H,30,31)/t26-/m1/s1. The Labute approximate surface area is 191 Å². The molecule has 0 spiro atoms. The first kappa shape index (κ1) is 20.7. The maximum atomic E-state index is 13.6. The summed E-state index contributed by atoms with van der Waals surface area (Å²) in [6, 6.07) is 31.0. The van der Waals surface area contributed by atoms with Crippen LogP contribution in [0.3, 0.4) is 0 Å². The van der Waals surface area contributed by atoms with Gasteiger partial charge in [0.15, 0.2) is 0 Å². The van der Waals surface area contributed by atoms with Crippen LogP contribution in [0.4, 0.5) is 0 Å². The summed E-state index contributed by atoms with van der Waals surface area (Å²) < 4.78 is 5.03. The molecule has 0 aliphatic heterocycles. The molecule has 0 fully saturated rings. The molecule has 0 bridgehead atoms. The van der Waals surface area contributed by atoms with Crippen molar-refractivity contribution in [3.63, 3.8) is 0 Å². The second-order valence-electron chi connectivity index (χ2n) is 8.13. The van der Waals surface area contributed by atoms with E-state index in [2.05, 4.69) is 11.4 Å². The van der Waals surface area contributed by atoms with Crippen molar-refractivity contribution in [3.8, 4) is 0 Å². The van der Waals surface area contributed by atoms with Crippen LogP contribution >= 0.6 is 0 Å². The predicted octanol–water partition coefficient (Wildman–Crippen LogP) is 5.66. The van der Waals surface area contributed by atoms with Gasteiger partial charge in [0.2, 0.25) is 0 Å². The zero-order valence-corrected chi connectivity index (χ0v) is 18.2. The fraction of sp³-hybridized carbons (Fsp3) is 0.103. The number of methoxy groups -OCH3 is 1. The molecule has 162 valence electrons. The molecule has 0 saturated heterocycles. The van der Waals surface area contributed by atoms with Crippen LogP contribution in [0.15, 0.2) is 97.1 Å². The molecule has 5 aromatic carbocycles. The van der Waals surface area contributed by atoms with Gasteiger partial charge in [-0.2, -0.15) is 0 Å². The average Bonchev–Trinajstić information content (AvgIpc) is 2.86. The molecule has 1 amide bonds. The summed E-state index contributed by atoms with van der Waals surface area (Å²) in [6.07, 6.45) is 0.339. The van der Waals surface area contributed by atoms with Crippen LogP contribution in [-0.4, -0.2) is 25.0 Å². The number of esters is 1. The molecule has 0 radical (unpaired) electrons. The van der Waals surface area contributed by atoms with E-state index in [-0.39, 0.29) is 5.91 Å². The Bertz CT molecular complexity index is 1450. The molecule has 33 heavy (non-hydrogen) atoms. The van der Waals surface area contributed by atoms with E-state index >= 15 is 0 Å². The van der Waals surface area contributed by atoms with Crippen molar-refractivity contribution >= 4 is 44.2 Å². The summed E-state index contributed by atoms with van der Waals surface area (Å²) in [6.45, 7) is 0. The molecule has 1 N–H and O–H groups in total. The second kappa shape index (κ2) is 8.75. The van der Waals surface area contributed by atoms with Gasteiger partial charge in [0.1, 0.15) is 6.04 Å². The minimum atomic E-state index is -0.804. The van der Waals surface area contributed by atoms with E-state index in [0.717, 1.165) is 37.9 Å². The predicted molar refractivity (Wildman–Crippen MR) is 132 cm³/mol. The van der Waals surface area contributed by atoms with Crippen LogP contribution in [0.5, 0.6) is 0 Å². The summed E-state index contributed by atoms with van der Waals surface area (Å²) in [5.74, 6) is -0.764. The summed E-state index contributed by atoms with van der Waals surface area (Å²) in [5, 5.41) is 8.82. The van der Waals surface area contributed by atoms with Crippen LogP contribution in [0, 0.1) is 0 Å². The molecule has 0 aliphatic carbocycles. The maximum absolute atomic E-state index is 13.6. The highest BCUT2D eigenvalue weighted by Gasteiger charge is 2.24. The monoisotopic (exact) mass is 433 g/mol. The van der Waals surface area contributed by atoms with Crippen LogP contribution in [0.1, 0.15) is 15.9 Å². The fourth-order valence-corrected chi connectivity index (χ4v) is 4.43. The third kappa shape index (κ3) is 4.03. The lowest BCUT2D eigenvalue weighted by Gasteiger charge is -2.19. The van der Waals surface area contributed by atoms with Gasteiger partial charge < -0.3 is 10.1 Å². The van der Waals surface area contributed by atoms with Gasteiger partial charge in [-0.3, -0.25) is 4.79 Å². The van der Waals surface area contributed by atoms with E-state index < -0.39 is 12.0 Å². The number of ether oxygens (including phenoxy) is 1. The minimum Gasteiger partial charge on any atom is -0.467 e. The molecule has 5 aromatic rings. The SMILES string of the molecule is COC(=O)[C@@H](Cc1ccc2ccccc2c1)NC(=O)c1c2ccccc2cc2ccccc12. The van der Waals surface area contributed by atoms with E-state index in [9.17, 15) is 9.59 Å². The minimum absolute atomic E-state index is 0.292. The Morgan fingerprint density at radius 3 is 1.94 bits per heavy atom. The first-order valence-corrected chi connectivity index (χ1v) is 10.9. The summed E-state index contributed by atoms with van der Waals surface area (Å²) in [5.41, 5.74) is 1.52. The maximum Gasteiger partial charge on any atom is 0.328 e. The van der Waals surface area contributed by atoms with Gasteiger partial charge >= 0.3 is 5.97 Å². The van der Waals surface area contributed by atoms with Crippen molar-refractivity contribution in [2.45, 2.75) is 12.5 Å². The van der Waals surface area contributed by atoms with Crippen molar-refractivity contribution in [1.82, 2.24) is 5.32 Å². The Kier molecular flexibility index (Phi) is 5.49. The number of rotatable bonds is 5. The number of hydrogen-bond acceptors (Lipinski definition) is 3. The summed E-state index contributed by atoms with van der Waals surface area (Å²) in [7, 11) is 1.34. The Hall–Kier alpha value is -4.18. The van der Waals surface area contributed by atoms with Crippen molar-refractivity contribution in [2.24, 2.45) is 0 Å². The number of carbonyl (C=O) groups excluding carboxylic acids is 2. The van der Waals surface area contributed by atoms with Crippen molar-refractivity contribution in [1.29, 1.82) is 0 Å². The topological polar surface area (TPSA) is 55.4 Å². The molecule has 0 aromatic heterocycles. The Morgan fingerprint density at radius 1 is 0.727 bits per heavy atom. The first-order valence-electron chi connectivity index (χ1n) is 10.9. The van der Waals surface area contributed by atoms with Crippen molar-refractivity contribution in [3.05, 3.63) is 108 Å². The van der Waals surface area contributed by atoms with E-state index in [1.165, 1.54) is 7.11 Å². The fourth-order valence-electron chi connectivity index (χ4n) is 4.43. The lowest BCUT2D eigenvalue weighted by molar-refractivity contribution is -0.142. The van der Waals surface area contributed by atoms with Gasteiger partial charge in [-0.05, 0) is 43.9 Å². The van der Waals surface area contributed by atoms with Crippen molar-refractivity contribution < 1.29 is 14.3 Å². The molecule has 0 aliphatic rings. The van der Waals surface area contributed by atoms with Crippen molar-refractivity contribution in [2.75, 3.05) is 7.11 Å². The smallest absolute Gasteiger partial charge is 0.328 e. The Morgan fingerprint density at radius 2 is 1.30 bits per heavy atom.